The molecule has 2 saturated heterocycles. The van der Waals surface area contributed by atoms with Crippen molar-refractivity contribution in [3.05, 3.63) is 29.8 Å². The second-order valence-corrected chi connectivity index (χ2v) is 13.5. The van der Waals surface area contributed by atoms with Crippen LogP contribution in [0.15, 0.2) is 24.3 Å². The van der Waals surface area contributed by atoms with Crippen LogP contribution in [0.3, 0.4) is 0 Å². The Labute approximate surface area is 222 Å². The monoisotopic (exact) mass is 566 g/mol. The minimum absolute atomic E-state index is 0.0851. The number of benzene rings is 1. The number of nitrogens with zero attached hydrogens (tertiary/aromatic N) is 2. The zero-order valence-electron chi connectivity index (χ0n) is 22.4. The van der Waals surface area contributed by atoms with Gasteiger partial charge in [0.15, 0.2) is 0 Å². The Kier molecular flexibility index (Phi) is 9.27. The lowest BCUT2D eigenvalue weighted by Gasteiger charge is -2.39. The molecule has 1 aromatic rings. The van der Waals surface area contributed by atoms with E-state index in [0.717, 1.165) is 0 Å². The molecular formula is C25H37F3N2O7S. The van der Waals surface area contributed by atoms with Crippen LogP contribution < -0.4 is 4.74 Å². The first-order chi connectivity index (χ1) is 17.6. The molecule has 38 heavy (non-hydrogen) atoms. The third kappa shape index (κ3) is 7.10. The number of halogens is 3. The lowest BCUT2D eigenvalue weighted by atomic mass is 9.87. The van der Waals surface area contributed by atoms with E-state index in [0.29, 0.717) is 30.6 Å². The van der Waals surface area contributed by atoms with E-state index in [1.807, 2.05) is 0 Å². The topological polar surface area (TPSA) is 94.6 Å². The molecule has 216 valence electrons. The summed E-state index contributed by atoms with van der Waals surface area (Å²) in [5, 5.41) is 0. The van der Waals surface area contributed by atoms with Crippen LogP contribution in [0.1, 0.15) is 45.6 Å². The Morgan fingerprint density at radius 1 is 1.18 bits per heavy atom. The van der Waals surface area contributed by atoms with Crippen molar-refractivity contribution in [2.45, 2.75) is 75.3 Å². The number of amides is 1. The maximum absolute atomic E-state index is 13.5. The van der Waals surface area contributed by atoms with Crippen LogP contribution in [0.5, 0.6) is 5.75 Å². The molecule has 0 saturated carbocycles. The number of carbonyl (C=O) groups is 1. The number of hydrogen-bond donors (Lipinski definition) is 0. The zero-order valence-corrected chi connectivity index (χ0v) is 23.2. The third-order valence-electron chi connectivity index (χ3n) is 7.09. The number of piperidine rings is 1. The highest BCUT2D eigenvalue weighted by Gasteiger charge is 2.49. The first-order valence-electron chi connectivity index (χ1n) is 12.4. The van der Waals surface area contributed by atoms with Crippen molar-refractivity contribution in [3.8, 4) is 5.75 Å². The number of carbonyl (C=O) groups excluding carboxylic acids is 1. The third-order valence-corrected chi connectivity index (χ3v) is 9.70. The number of hydrogen-bond acceptors (Lipinski definition) is 7. The van der Waals surface area contributed by atoms with E-state index >= 15 is 0 Å². The summed E-state index contributed by atoms with van der Waals surface area (Å²) in [6, 6.07) is 6.32. The van der Waals surface area contributed by atoms with Crippen LogP contribution in [0.25, 0.3) is 0 Å². The maximum Gasteiger partial charge on any atom is 0.427 e. The fourth-order valence-electron chi connectivity index (χ4n) is 4.52. The van der Waals surface area contributed by atoms with E-state index < -0.39 is 45.4 Å². The van der Waals surface area contributed by atoms with Crippen molar-refractivity contribution in [2.24, 2.45) is 0 Å². The highest BCUT2D eigenvalue weighted by Crippen LogP contribution is 2.39. The maximum atomic E-state index is 13.5. The molecule has 2 fully saturated rings. The van der Waals surface area contributed by atoms with E-state index in [4.69, 9.17) is 18.9 Å². The predicted molar refractivity (Wildman–Crippen MR) is 133 cm³/mol. The van der Waals surface area contributed by atoms with Gasteiger partial charge in [-0.25, -0.2) is 13.2 Å². The molecule has 0 aromatic heterocycles. The van der Waals surface area contributed by atoms with Gasteiger partial charge in [0, 0.05) is 20.1 Å². The second-order valence-electron chi connectivity index (χ2n) is 10.7. The second kappa shape index (κ2) is 11.6. The number of ether oxygens (including phenoxy) is 4. The lowest BCUT2D eigenvalue weighted by Crippen LogP contribution is -2.50. The molecule has 9 nitrogen and oxygen atoms in total. The van der Waals surface area contributed by atoms with Gasteiger partial charge in [-0.05, 0) is 57.7 Å². The quantitative estimate of drug-likeness (QED) is 0.470. The van der Waals surface area contributed by atoms with E-state index in [1.54, 1.807) is 45.0 Å². The number of likely N-dealkylation sites (tertiary alicyclic amines) is 1. The molecule has 2 aliphatic heterocycles. The Morgan fingerprint density at radius 3 is 2.32 bits per heavy atom. The predicted octanol–water partition coefficient (Wildman–Crippen LogP) is 3.96. The molecule has 2 atom stereocenters. The van der Waals surface area contributed by atoms with Crippen LogP contribution in [-0.4, -0.2) is 92.8 Å². The van der Waals surface area contributed by atoms with Crippen molar-refractivity contribution in [3.63, 3.8) is 0 Å². The fraction of sp³-hybridized carbons (Fsp3) is 0.720. The van der Waals surface area contributed by atoms with E-state index in [-0.39, 0.29) is 32.3 Å². The van der Waals surface area contributed by atoms with Crippen LogP contribution in [-0.2, 0) is 30.8 Å². The minimum Gasteiger partial charge on any atom is -0.497 e. The summed E-state index contributed by atoms with van der Waals surface area (Å²) in [5.41, 5.74) is 0.0174. The normalized spacial score (nSPS) is 21.1. The van der Waals surface area contributed by atoms with Crippen LogP contribution in [0.2, 0.25) is 0 Å². The number of rotatable bonds is 8. The number of alkyl halides is 3. The van der Waals surface area contributed by atoms with Crippen molar-refractivity contribution >= 4 is 16.1 Å². The first-order valence-corrected chi connectivity index (χ1v) is 13.9. The summed E-state index contributed by atoms with van der Waals surface area (Å²) < 4.78 is 87.7. The number of sulfonamides is 1. The first kappa shape index (κ1) is 30.5. The molecule has 1 spiro atoms. The van der Waals surface area contributed by atoms with Gasteiger partial charge < -0.3 is 23.8 Å². The van der Waals surface area contributed by atoms with Gasteiger partial charge in [0.25, 0.3) is 0 Å². The Bertz CT molecular complexity index is 1050. The van der Waals surface area contributed by atoms with Crippen LogP contribution in [0, 0.1) is 0 Å². The van der Waals surface area contributed by atoms with Gasteiger partial charge in [0.05, 0.1) is 43.3 Å². The molecular weight excluding hydrogens is 529 g/mol. The summed E-state index contributed by atoms with van der Waals surface area (Å²) in [4.78, 5) is 13.8. The standard InChI is InChI=1S/C25H37F3N2O7S/c1-23(2,3)38(32,33)29(4)19-14-24(36-16-19)10-12-30(13-11-24)22(31)37-21(25(26,27)28)17-35-15-18-6-8-20(34-5)9-7-18/h6-9,19,21H,10-17H2,1-5H3/t19-,21-/m1/s1. The Hall–Kier alpha value is -2.09. The average Bonchev–Trinajstić information content (AvgIpc) is 3.25. The molecule has 0 bridgehead atoms. The van der Waals surface area contributed by atoms with E-state index in [2.05, 4.69) is 0 Å². The Balaban J connectivity index is 1.51. The minimum atomic E-state index is -4.79. The lowest BCUT2D eigenvalue weighted by molar-refractivity contribution is -0.220. The van der Waals surface area contributed by atoms with E-state index in [1.165, 1.54) is 23.4 Å². The van der Waals surface area contributed by atoms with Crippen molar-refractivity contribution < 1.29 is 45.3 Å². The number of likely N-dealkylation sites (N-methyl/N-ethyl adjacent to an activating group) is 1. The van der Waals surface area contributed by atoms with Gasteiger partial charge in [-0.2, -0.15) is 17.5 Å². The summed E-state index contributed by atoms with van der Waals surface area (Å²) in [6.07, 6.45) is -7.09. The molecule has 0 aliphatic carbocycles. The van der Waals surface area contributed by atoms with E-state index in [9.17, 15) is 26.4 Å². The molecule has 13 heteroatoms. The largest absolute Gasteiger partial charge is 0.497 e. The van der Waals surface area contributed by atoms with Crippen molar-refractivity contribution in [1.82, 2.24) is 9.21 Å². The Morgan fingerprint density at radius 2 is 1.79 bits per heavy atom. The van der Waals surface area contributed by atoms with Crippen molar-refractivity contribution in [2.75, 3.05) is 40.5 Å². The summed E-state index contributed by atoms with van der Waals surface area (Å²) >= 11 is 0. The van der Waals surface area contributed by atoms with Gasteiger partial charge in [0.2, 0.25) is 16.1 Å². The van der Waals surface area contributed by atoms with Crippen LogP contribution in [0.4, 0.5) is 18.0 Å². The van der Waals surface area contributed by atoms with Gasteiger partial charge in [0.1, 0.15) is 5.75 Å². The molecule has 0 unspecified atom stereocenters. The number of methoxy groups -OCH3 is 1. The zero-order chi connectivity index (χ0) is 28.4. The highest BCUT2D eigenvalue weighted by molar-refractivity contribution is 7.90. The van der Waals surface area contributed by atoms with Gasteiger partial charge in [-0.3, -0.25) is 0 Å². The fourth-order valence-corrected chi connectivity index (χ4v) is 5.92. The van der Waals surface area contributed by atoms with Gasteiger partial charge in [-0.15, -0.1) is 0 Å². The molecule has 0 radical (unpaired) electrons. The smallest absolute Gasteiger partial charge is 0.427 e. The molecule has 0 N–H and O–H groups in total. The summed E-state index contributed by atoms with van der Waals surface area (Å²) in [7, 11) is -0.508. The van der Waals surface area contributed by atoms with Crippen molar-refractivity contribution in [1.29, 1.82) is 0 Å². The summed E-state index contributed by atoms with van der Waals surface area (Å²) in [6.45, 7) is 4.47. The van der Waals surface area contributed by atoms with Crippen LogP contribution >= 0.6 is 0 Å². The molecule has 2 heterocycles. The highest BCUT2D eigenvalue weighted by atomic mass is 32.2. The average molecular weight is 567 g/mol. The molecule has 3 rings (SSSR count). The molecule has 1 aromatic carbocycles. The summed E-state index contributed by atoms with van der Waals surface area (Å²) in [5.74, 6) is 0.611. The van der Waals surface area contributed by atoms with Gasteiger partial charge in [-0.1, -0.05) is 12.1 Å². The molecule has 1 amide bonds. The van der Waals surface area contributed by atoms with Gasteiger partial charge >= 0.3 is 12.3 Å². The molecule has 2 aliphatic rings. The SMILES string of the molecule is COc1ccc(COC[C@@H](OC(=O)N2CCC3(CC2)C[C@@H](N(C)S(=O)(=O)C(C)(C)C)CO3)C(F)(F)F)cc1.